The van der Waals surface area contributed by atoms with Crippen LogP contribution in [-0.4, -0.2) is 23.0 Å². The van der Waals surface area contributed by atoms with E-state index in [9.17, 15) is 4.79 Å². The van der Waals surface area contributed by atoms with Gasteiger partial charge in [0.25, 0.3) is 0 Å². The molecular formula is C19H27N3OS. The summed E-state index contributed by atoms with van der Waals surface area (Å²) in [5, 5.41) is 9.24. The van der Waals surface area contributed by atoms with E-state index in [1.807, 2.05) is 24.4 Å². The van der Waals surface area contributed by atoms with Crippen molar-refractivity contribution >= 4 is 34.7 Å². The summed E-state index contributed by atoms with van der Waals surface area (Å²) < 4.78 is 0. The molecule has 1 amide bonds. The van der Waals surface area contributed by atoms with Crippen molar-refractivity contribution in [3.05, 3.63) is 29.8 Å². The monoisotopic (exact) mass is 345 g/mol. The number of benzene rings is 1. The molecule has 1 unspecified atom stereocenters. The quantitative estimate of drug-likeness (QED) is 0.543. The van der Waals surface area contributed by atoms with Gasteiger partial charge in [0.2, 0.25) is 5.91 Å². The van der Waals surface area contributed by atoms with E-state index in [0.717, 1.165) is 17.7 Å². The van der Waals surface area contributed by atoms with Gasteiger partial charge >= 0.3 is 0 Å². The lowest BCUT2D eigenvalue weighted by molar-refractivity contribution is -0.115. The summed E-state index contributed by atoms with van der Waals surface area (Å²) in [6.45, 7) is 10.8. The van der Waals surface area contributed by atoms with E-state index in [0.29, 0.717) is 28.7 Å². The van der Waals surface area contributed by atoms with Crippen molar-refractivity contribution in [3.63, 3.8) is 0 Å². The highest BCUT2D eigenvalue weighted by Crippen LogP contribution is 2.33. The average Bonchev–Trinajstić information content (AvgIpc) is 2.87. The molecule has 4 nitrogen and oxygen atoms in total. The SMILES string of the molecule is CC(C)CC(C)/C=N/N=C1\SCC(=O)N1c1ccccc1C(C)C. The van der Waals surface area contributed by atoms with Gasteiger partial charge in [0, 0.05) is 6.21 Å². The van der Waals surface area contributed by atoms with Crippen LogP contribution in [0.5, 0.6) is 0 Å². The second-order valence-corrected chi connectivity index (χ2v) is 7.93. The molecule has 2 rings (SSSR count). The summed E-state index contributed by atoms with van der Waals surface area (Å²) in [5.74, 6) is 1.85. The predicted molar refractivity (Wildman–Crippen MR) is 105 cm³/mol. The number of nitrogens with zero attached hydrogens (tertiary/aromatic N) is 3. The van der Waals surface area contributed by atoms with Gasteiger partial charge in [-0.1, -0.05) is 64.6 Å². The third-order valence-electron chi connectivity index (χ3n) is 3.87. The number of anilines is 1. The Morgan fingerprint density at radius 1 is 1.21 bits per heavy atom. The fourth-order valence-electron chi connectivity index (χ4n) is 2.85. The number of amides is 1. The number of amidine groups is 1. The molecule has 1 fully saturated rings. The maximum absolute atomic E-state index is 12.4. The Bertz CT molecular complexity index is 637. The highest BCUT2D eigenvalue weighted by Gasteiger charge is 2.31. The zero-order valence-electron chi connectivity index (χ0n) is 15.2. The van der Waals surface area contributed by atoms with Crippen LogP contribution < -0.4 is 4.90 Å². The van der Waals surface area contributed by atoms with Crippen LogP contribution in [0.4, 0.5) is 5.69 Å². The van der Waals surface area contributed by atoms with E-state index in [2.05, 4.69) is 50.9 Å². The Morgan fingerprint density at radius 2 is 1.92 bits per heavy atom. The molecule has 0 N–H and O–H groups in total. The molecule has 0 spiro atoms. The number of rotatable bonds is 6. The van der Waals surface area contributed by atoms with Crippen LogP contribution in [0, 0.1) is 11.8 Å². The van der Waals surface area contributed by atoms with E-state index in [4.69, 9.17) is 0 Å². The molecular weight excluding hydrogens is 318 g/mol. The number of carbonyl (C=O) groups is 1. The maximum atomic E-state index is 12.4. The lowest BCUT2D eigenvalue weighted by atomic mass is 10.0. The molecule has 0 aromatic heterocycles. The lowest BCUT2D eigenvalue weighted by Gasteiger charge is -2.20. The maximum Gasteiger partial charge on any atom is 0.243 e. The van der Waals surface area contributed by atoms with E-state index >= 15 is 0 Å². The number of thioether (sulfide) groups is 1. The van der Waals surface area contributed by atoms with Crippen LogP contribution in [-0.2, 0) is 4.79 Å². The van der Waals surface area contributed by atoms with Gasteiger partial charge in [-0.2, -0.15) is 5.10 Å². The number of para-hydroxylation sites is 1. The van der Waals surface area contributed by atoms with Gasteiger partial charge in [-0.15, -0.1) is 5.10 Å². The smallest absolute Gasteiger partial charge is 0.243 e. The first-order valence-corrected chi connectivity index (χ1v) is 9.54. The third-order valence-corrected chi connectivity index (χ3v) is 4.79. The Morgan fingerprint density at radius 3 is 2.58 bits per heavy atom. The van der Waals surface area contributed by atoms with Crippen molar-refractivity contribution in [2.45, 2.75) is 47.0 Å². The van der Waals surface area contributed by atoms with Crippen molar-refractivity contribution in [3.8, 4) is 0 Å². The van der Waals surface area contributed by atoms with Gasteiger partial charge in [-0.25, -0.2) is 0 Å². The molecule has 0 aliphatic carbocycles. The number of hydrogen-bond acceptors (Lipinski definition) is 4. The Balaban J connectivity index is 2.24. The Hall–Kier alpha value is -1.62. The normalized spacial score (nSPS) is 18.5. The first-order valence-electron chi connectivity index (χ1n) is 8.56. The van der Waals surface area contributed by atoms with E-state index in [1.165, 1.54) is 11.8 Å². The second-order valence-electron chi connectivity index (χ2n) is 6.99. The summed E-state index contributed by atoms with van der Waals surface area (Å²) in [5.41, 5.74) is 2.07. The van der Waals surface area contributed by atoms with E-state index in [1.54, 1.807) is 4.90 Å². The van der Waals surface area contributed by atoms with Crippen molar-refractivity contribution < 1.29 is 4.79 Å². The van der Waals surface area contributed by atoms with Crippen LogP contribution in [0.1, 0.15) is 52.5 Å². The molecule has 1 heterocycles. The first kappa shape index (κ1) is 18.7. The zero-order chi connectivity index (χ0) is 17.7. The molecule has 0 bridgehead atoms. The summed E-state index contributed by atoms with van der Waals surface area (Å²) >= 11 is 1.45. The van der Waals surface area contributed by atoms with Crippen molar-refractivity contribution in [2.24, 2.45) is 22.0 Å². The summed E-state index contributed by atoms with van der Waals surface area (Å²) in [6, 6.07) is 8.03. The lowest BCUT2D eigenvalue weighted by Crippen LogP contribution is -2.30. The van der Waals surface area contributed by atoms with Crippen LogP contribution in [0.3, 0.4) is 0 Å². The topological polar surface area (TPSA) is 45.0 Å². The molecule has 0 radical (unpaired) electrons. The van der Waals surface area contributed by atoms with Crippen LogP contribution in [0.15, 0.2) is 34.5 Å². The number of hydrogen-bond donors (Lipinski definition) is 0. The van der Waals surface area contributed by atoms with Gasteiger partial charge in [0.05, 0.1) is 11.4 Å². The van der Waals surface area contributed by atoms with Crippen LogP contribution in [0.2, 0.25) is 0 Å². The minimum absolute atomic E-state index is 0.0669. The molecule has 24 heavy (non-hydrogen) atoms. The van der Waals surface area contributed by atoms with Crippen molar-refractivity contribution in [1.82, 2.24) is 0 Å². The second kappa shape index (κ2) is 8.47. The molecule has 1 atom stereocenters. The summed E-state index contributed by atoms with van der Waals surface area (Å²) in [7, 11) is 0. The molecule has 0 saturated carbocycles. The van der Waals surface area contributed by atoms with Crippen LogP contribution in [0.25, 0.3) is 0 Å². The zero-order valence-corrected chi connectivity index (χ0v) is 16.0. The summed E-state index contributed by atoms with van der Waals surface area (Å²) in [6.07, 6.45) is 2.96. The summed E-state index contributed by atoms with van der Waals surface area (Å²) in [4.78, 5) is 14.1. The molecule has 1 aliphatic heterocycles. The predicted octanol–water partition coefficient (Wildman–Crippen LogP) is 4.91. The highest BCUT2D eigenvalue weighted by molar-refractivity contribution is 8.15. The number of carbonyl (C=O) groups excluding carboxylic acids is 1. The van der Waals surface area contributed by atoms with Gasteiger partial charge < -0.3 is 0 Å². The minimum Gasteiger partial charge on any atom is -0.273 e. The fraction of sp³-hybridized carbons (Fsp3) is 0.526. The van der Waals surface area contributed by atoms with Gasteiger partial charge in [0.15, 0.2) is 5.17 Å². The molecule has 1 aliphatic rings. The van der Waals surface area contributed by atoms with Crippen molar-refractivity contribution in [2.75, 3.05) is 10.7 Å². The standard InChI is InChI=1S/C19H27N3OS/c1-13(2)10-15(5)11-20-21-19-22(18(23)12-24-19)17-9-7-6-8-16(17)14(3)4/h6-9,11,13-15H,10,12H2,1-5H3/b20-11+,21-19-. The van der Waals surface area contributed by atoms with Crippen LogP contribution >= 0.6 is 11.8 Å². The Labute approximate surface area is 149 Å². The third kappa shape index (κ3) is 4.69. The largest absolute Gasteiger partial charge is 0.273 e. The Kier molecular flexibility index (Phi) is 6.60. The molecule has 130 valence electrons. The van der Waals surface area contributed by atoms with E-state index in [-0.39, 0.29) is 5.91 Å². The van der Waals surface area contributed by atoms with Gasteiger partial charge in [-0.05, 0) is 35.8 Å². The molecule has 5 heteroatoms. The van der Waals surface area contributed by atoms with Crippen molar-refractivity contribution in [1.29, 1.82) is 0 Å². The molecule has 1 aromatic rings. The average molecular weight is 346 g/mol. The van der Waals surface area contributed by atoms with Gasteiger partial charge in [0.1, 0.15) is 0 Å². The van der Waals surface area contributed by atoms with E-state index < -0.39 is 0 Å². The fourth-order valence-corrected chi connectivity index (χ4v) is 3.67. The minimum atomic E-state index is 0.0669. The molecule has 1 aromatic carbocycles. The van der Waals surface area contributed by atoms with Gasteiger partial charge in [-0.3, -0.25) is 9.69 Å². The first-order chi connectivity index (χ1) is 11.4. The molecule has 1 saturated heterocycles. The highest BCUT2D eigenvalue weighted by atomic mass is 32.2.